The van der Waals surface area contributed by atoms with Crippen LogP contribution >= 0.6 is 0 Å². The van der Waals surface area contributed by atoms with Crippen molar-refractivity contribution in [3.63, 3.8) is 0 Å². The minimum Gasteiger partial charge on any atom is -0.381 e. The van der Waals surface area contributed by atoms with Crippen LogP contribution in [0.15, 0.2) is 42.6 Å². The molecule has 2 aliphatic rings. The minimum atomic E-state index is -0.115. The summed E-state index contributed by atoms with van der Waals surface area (Å²) in [5.41, 5.74) is 3.83. The molecule has 5 rings (SSSR count). The fraction of sp³-hybridized carbons (Fsp3) is 0.435. The lowest BCUT2D eigenvalue weighted by atomic mass is 9.87. The molecule has 3 heterocycles. The van der Waals surface area contributed by atoms with Crippen LogP contribution in [-0.2, 0) is 17.7 Å². The van der Waals surface area contributed by atoms with Gasteiger partial charge in [0, 0.05) is 26.0 Å². The standard InChI is InChI=1S/C23H26N4O2/c28-23(25-20-9-3-6-17-5-1-2-7-18(17)20)21-19-8-4-12-24-22(19)27(26-21)15-16-10-13-29-14-11-16/h1-2,4-5,7-8,12,16,20H,3,6,9-11,13-15H2,(H,25,28). The van der Waals surface area contributed by atoms with Crippen LogP contribution in [0.2, 0.25) is 0 Å². The number of hydrogen-bond acceptors (Lipinski definition) is 4. The molecule has 1 aliphatic carbocycles. The molecule has 29 heavy (non-hydrogen) atoms. The Kier molecular flexibility index (Phi) is 5.02. The predicted octanol–water partition coefficient (Wildman–Crippen LogP) is 3.67. The molecule has 6 nitrogen and oxygen atoms in total. The molecule has 3 aromatic rings. The molecule has 1 unspecified atom stereocenters. The summed E-state index contributed by atoms with van der Waals surface area (Å²) in [5.74, 6) is 0.394. The molecule has 1 aromatic carbocycles. The molecule has 1 amide bonds. The maximum Gasteiger partial charge on any atom is 0.272 e. The summed E-state index contributed by atoms with van der Waals surface area (Å²) in [5, 5.41) is 8.76. The molecule has 1 fully saturated rings. The zero-order valence-electron chi connectivity index (χ0n) is 16.5. The van der Waals surface area contributed by atoms with Crippen molar-refractivity contribution in [1.82, 2.24) is 20.1 Å². The van der Waals surface area contributed by atoms with E-state index in [1.807, 2.05) is 22.9 Å². The van der Waals surface area contributed by atoms with Gasteiger partial charge in [-0.25, -0.2) is 9.67 Å². The van der Waals surface area contributed by atoms with E-state index in [2.05, 4.69) is 28.5 Å². The van der Waals surface area contributed by atoms with Crippen LogP contribution in [0.5, 0.6) is 0 Å². The van der Waals surface area contributed by atoms with E-state index in [1.165, 1.54) is 11.1 Å². The highest BCUT2D eigenvalue weighted by Gasteiger charge is 2.25. The predicted molar refractivity (Wildman–Crippen MR) is 111 cm³/mol. The van der Waals surface area contributed by atoms with Crippen LogP contribution in [0.1, 0.15) is 53.3 Å². The van der Waals surface area contributed by atoms with Crippen molar-refractivity contribution in [1.29, 1.82) is 0 Å². The Morgan fingerprint density at radius 1 is 1.14 bits per heavy atom. The van der Waals surface area contributed by atoms with Gasteiger partial charge in [0.15, 0.2) is 11.3 Å². The van der Waals surface area contributed by atoms with E-state index < -0.39 is 0 Å². The molecule has 0 spiro atoms. The van der Waals surface area contributed by atoms with Gasteiger partial charge in [-0.1, -0.05) is 24.3 Å². The highest BCUT2D eigenvalue weighted by atomic mass is 16.5. The smallest absolute Gasteiger partial charge is 0.272 e. The number of benzene rings is 1. The first kappa shape index (κ1) is 18.3. The molecule has 0 bridgehead atoms. The second-order valence-electron chi connectivity index (χ2n) is 8.08. The highest BCUT2D eigenvalue weighted by Crippen LogP contribution is 2.30. The summed E-state index contributed by atoms with van der Waals surface area (Å²) in [6, 6.07) is 12.3. The summed E-state index contributed by atoms with van der Waals surface area (Å²) < 4.78 is 7.38. The van der Waals surface area contributed by atoms with Crippen LogP contribution in [-0.4, -0.2) is 33.9 Å². The molecule has 2 aromatic heterocycles. The van der Waals surface area contributed by atoms with Crippen molar-refractivity contribution in [2.75, 3.05) is 13.2 Å². The average molecular weight is 390 g/mol. The number of pyridine rings is 1. The summed E-state index contributed by atoms with van der Waals surface area (Å²) in [6.45, 7) is 2.37. The Hall–Kier alpha value is -2.73. The van der Waals surface area contributed by atoms with Gasteiger partial charge in [-0.15, -0.1) is 0 Å². The molecule has 0 saturated carbocycles. The van der Waals surface area contributed by atoms with E-state index >= 15 is 0 Å². The van der Waals surface area contributed by atoms with Crippen LogP contribution in [0, 0.1) is 5.92 Å². The first-order valence-electron chi connectivity index (χ1n) is 10.6. The number of nitrogens with zero attached hydrogens (tertiary/aromatic N) is 3. The first-order chi connectivity index (χ1) is 14.3. The van der Waals surface area contributed by atoms with Gasteiger partial charge >= 0.3 is 0 Å². The Morgan fingerprint density at radius 3 is 2.90 bits per heavy atom. The van der Waals surface area contributed by atoms with Gasteiger partial charge in [0.2, 0.25) is 0 Å². The van der Waals surface area contributed by atoms with Crippen molar-refractivity contribution in [3.8, 4) is 0 Å². The zero-order valence-corrected chi connectivity index (χ0v) is 16.5. The Balaban J connectivity index is 1.42. The molecule has 1 atom stereocenters. The Bertz CT molecular complexity index is 1020. The van der Waals surface area contributed by atoms with E-state index in [1.54, 1.807) is 6.20 Å². The van der Waals surface area contributed by atoms with Crippen LogP contribution in [0.25, 0.3) is 11.0 Å². The fourth-order valence-electron chi connectivity index (χ4n) is 4.61. The lowest BCUT2D eigenvalue weighted by molar-refractivity contribution is 0.0604. The average Bonchev–Trinajstić information content (AvgIpc) is 3.13. The number of aromatic nitrogens is 3. The van der Waals surface area contributed by atoms with E-state index in [4.69, 9.17) is 9.84 Å². The van der Waals surface area contributed by atoms with Crippen molar-refractivity contribution >= 4 is 16.9 Å². The van der Waals surface area contributed by atoms with E-state index in [0.29, 0.717) is 11.6 Å². The minimum absolute atomic E-state index is 0.0415. The molecule has 1 N–H and O–H groups in total. The second-order valence-corrected chi connectivity index (χ2v) is 8.08. The van der Waals surface area contributed by atoms with Crippen LogP contribution < -0.4 is 5.32 Å². The summed E-state index contributed by atoms with van der Waals surface area (Å²) >= 11 is 0. The van der Waals surface area contributed by atoms with Gasteiger partial charge < -0.3 is 10.1 Å². The van der Waals surface area contributed by atoms with Gasteiger partial charge in [-0.05, 0) is 61.3 Å². The Labute approximate surface area is 170 Å². The van der Waals surface area contributed by atoms with Crippen molar-refractivity contribution in [2.45, 2.75) is 44.7 Å². The molecular weight excluding hydrogens is 364 g/mol. The number of nitrogens with one attached hydrogen (secondary N) is 1. The third-order valence-corrected chi connectivity index (χ3v) is 6.17. The number of fused-ring (bicyclic) bond motifs is 2. The quantitative estimate of drug-likeness (QED) is 0.738. The maximum absolute atomic E-state index is 13.2. The number of carbonyl (C=O) groups excluding carboxylic acids is 1. The number of carbonyl (C=O) groups is 1. The van der Waals surface area contributed by atoms with Gasteiger partial charge in [0.25, 0.3) is 5.91 Å². The molecule has 0 radical (unpaired) electrons. The lowest BCUT2D eigenvalue weighted by Crippen LogP contribution is -2.31. The molecular formula is C23H26N4O2. The molecule has 1 saturated heterocycles. The topological polar surface area (TPSA) is 69.0 Å². The second kappa shape index (κ2) is 7.95. The fourth-order valence-corrected chi connectivity index (χ4v) is 4.61. The largest absolute Gasteiger partial charge is 0.381 e. The molecule has 1 aliphatic heterocycles. The summed E-state index contributed by atoms with van der Waals surface area (Å²) in [6.07, 6.45) is 6.94. The highest BCUT2D eigenvalue weighted by molar-refractivity contribution is 6.04. The SMILES string of the molecule is O=C(NC1CCCc2ccccc21)c1nn(CC2CCOCC2)c2ncccc12. The third-order valence-electron chi connectivity index (χ3n) is 6.17. The van der Waals surface area contributed by atoms with E-state index in [0.717, 1.165) is 62.9 Å². The summed E-state index contributed by atoms with van der Waals surface area (Å²) in [7, 11) is 0. The zero-order chi connectivity index (χ0) is 19.6. The summed E-state index contributed by atoms with van der Waals surface area (Å²) in [4.78, 5) is 17.7. The monoisotopic (exact) mass is 390 g/mol. The number of rotatable bonds is 4. The van der Waals surface area contributed by atoms with E-state index in [-0.39, 0.29) is 11.9 Å². The first-order valence-corrected chi connectivity index (χ1v) is 10.6. The van der Waals surface area contributed by atoms with Crippen molar-refractivity contribution < 1.29 is 9.53 Å². The number of amides is 1. The van der Waals surface area contributed by atoms with Gasteiger partial charge in [0.1, 0.15) is 0 Å². The Morgan fingerprint density at radius 2 is 2.00 bits per heavy atom. The van der Waals surface area contributed by atoms with Gasteiger partial charge in [-0.3, -0.25) is 4.79 Å². The van der Waals surface area contributed by atoms with Gasteiger partial charge in [0.05, 0.1) is 11.4 Å². The number of hydrogen-bond donors (Lipinski definition) is 1. The van der Waals surface area contributed by atoms with Crippen molar-refractivity contribution in [2.24, 2.45) is 5.92 Å². The number of ether oxygens (including phenoxy) is 1. The third kappa shape index (κ3) is 3.65. The van der Waals surface area contributed by atoms with Crippen LogP contribution in [0.3, 0.4) is 0 Å². The van der Waals surface area contributed by atoms with Gasteiger partial charge in [-0.2, -0.15) is 5.10 Å². The molecule has 150 valence electrons. The van der Waals surface area contributed by atoms with Crippen LogP contribution in [0.4, 0.5) is 0 Å². The van der Waals surface area contributed by atoms with Crippen molar-refractivity contribution in [3.05, 3.63) is 59.4 Å². The maximum atomic E-state index is 13.2. The normalized spacial score (nSPS) is 19.8. The number of aryl methyl sites for hydroxylation is 1. The lowest BCUT2D eigenvalue weighted by Gasteiger charge is -2.26. The molecule has 6 heteroatoms. The van der Waals surface area contributed by atoms with E-state index in [9.17, 15) is 4.79 Å².